The molecule has 0 aliphatic carbocycles. The molecule has 4 rings (SSSR count). The summed E-state index contributed by atoms with van der Waals surface area (Å²) in [4.78, 5) is 33.0. The maximum atomic E-state index is 13.5. The summed E-state index contributed by atoms with van der Waals surface area (Å²) in [6, 6.07) is 4.06. The van der Waals surface area contributed by atoms with E-state index in [1.807, 2.05) is 13.8 Å². The minimum Gasteiger partial charge on any atom is -0.317 e. The van der Waals surface area contributed by atoms with Gasteiger partial charge in [0, 0.05) is 30.8 Å². The van der Waals surface area contributed by atoms with Crippen LogP contribution < -0.4 is 5.32 Å². The number of anilines is 1. The Hall–Kier alpha value is -2.94. The zero-order valence-electron chi connectivity index (χ0n) is 16.9. The fraction of sp³-hybridized carbons (Fsp3) is 0.450. The van der Waals surface area contributed by atoms with E-state index in [9.17, 15) is 14.0 Å². The number of carbonyl (C=O) groups excluding carboxylic acids is 2. The number of aromatic nitrogens is 2. The third-order valence-electron chi connectivity index (χ3n) is 5.41. The Morgan fingerprint density at radius 3 is 2.83 bits per heavy atom. The van der Waals surface area contributed by atoms with Crippen molar-refractivity contribution in [1.29, 1.82) is 0 Å². The van der Waals surface area contributed by atoms with Gasteiger partial charge in [-0.1, -0.05) is 0 Å². The molecule has 3 heterocycles. The number of carbonyl (C=O) groups is 2. The van der Waals surface area contributed by atoms with Gasteiger partial charge in [0.1, 0.15) is 17.6 Å². The summed E-state index contributed by atoms with van der Waals surface area (Å²) in [5.74, 6) is -0.590. The predicted molar refractivity (Wildman–Crippen MR) is 104 cm³/mol. The van der Waals surface area contributed by atoms with Crippen molar-refractivity contribution in [2.75, 3.05) is 12.4 Å². The standard InChI is InChI=1S/C20H24FN5O3/c1-11-7-14(5-6-16(11)21)22-20(28)25-10-15-17(8-12(25)2)23-26-9-13(3)29-24(4)19(27)18(15)26/h5-7,12-13H,8-10H2,1-4H3,(H,22,28)/t12-,13?/m1/s1. The highest BCUT2D eigenvalue weighted by Gasteiger charge is 2.36. The van der Waals surface area contributed by atoms with Gasteiger partial charge in [-0.05, 0) is 44.5 Å². The zero-order chi connectivity index (χ0) is 20.9. The van der Waals surface area contributed by atoms with Crippen molar-refractivity contribution in [3.05, 3.63) is 46.5 Å². The number of urea groups is 1. The molecule has 0 fully saturated rings. The Labute approximate surface area is 168 Å². The molecule has 154 valence electrons. The molecule has 2 aliphatic heterocycles. The molecule has 0 radical (unpaired) electrons. The molecule has 0 spiro atoms. The number of benzene rings is 1. The average Bonchev–Trinajstić information content (AvgIpc) is 2.94. The number of hydrogen-bond donors (Lipinski definition) is 1. The van der Waals surface area contributed by atoms with E-state index in [4.69, 9.17) is 4.84 Å². The zero-order valence-corrected chi connectivity index (χ0v) is 16.9. The molecule has 0 saturated heterocycles. The fourth-order valence-corrected chi connectivity index (χ4v) is 3.90. The van der Waals surface area contributed by atoms with Crippen molar-refractivity contribution in [3.8, 4) is 0 Å². The van der Waals surface area contributed by atoms with E-state index in [0.29, 0.717) is 29.9 Å². The van der Waals surface area contributed by atoms with Gasteiger partial charge in [0.05, 0.1) is 18.8 Å². The van der Waals surface area contributed by atoms with Crippen LogP contribution in [0.15, 0.2) is 18.2 Å². The van der Waals surface area contributed by atoms with Gasteiger partial charge in [-0.3, -0.25) is 14.3 Å². The molecule has 0 saturated carbocycles. The van der Waals surface area contributed by atoms with Gasteiger partial charge in [0.15, 0.2) is 0 Å². The largest absolute Gasteiger partial charge is 0.322 e. The van der Waals surface area contributed by atoms with Gasteiger partial charge < -0.3 is 10.2 Å². The number of amides is 3. The van der Waals surface area contributed by atoms with Crippen molar-refractivity contribution in [2.45, 2.75) is 52.4 Å². The van der Waals surface area contributed by atoms with Crippen molar-refractivity contribution >= 4 is 17.6 Å². The summed E-state index contributed by atoms with van der Waals surface area (Å²) in [7, 11) is 1.58. The number of aryl methyl sites for hydroxylation is 1. The topological polar surface area (TPSA) is 79.7 Å². The fourth-order valence-electron chi connectivity index (χ4n) is 3.90. The van der Waals surface area contributed by atoms with Crippen molar-refractivity contribution in [2.24, 2.45) is 0 Å². The maximum absolute atomic E-state index is 13.5. The Morgan fingerprint density at radius 1 is 1.34 bits per heavy atom. The number of rotatable bonds is 1. The Kier molecular flexibility index (Phi) is 4.77. The Morgan fingerprint density at radius 2 is 2.10 bits per heavy atom. The van der Waals surface area contributed by atoms with Crippen LogP contribution in [0.25, 0.3) is 0 Å². The van der Waals surface area contributed by atoms with Gasteiger partial charge in [0.2, 0.25) is 0 Å². The lowest BCUT2D eigenvalue weighted by atomic mass is 9.99. The minimum absolute atomic E-state index is 0.0929. The highest BCUT2D eigenvalue weighted by atomic mass is 19.1. The quantitative estimate of drug-likeness (QED) is 0.797. The van der Waals surface area contributed by atoms with Crippen molar-refractivity contribution < 1.29 is 18.8 Å². The molecule has 3 amide bonds. The molecule has 0 bridgehead atoms. The van der Waals surface area contributed by atoms with Crippen LogP contribution in [0.3, 0.4) is 0 Å². The van der Waals surface area contributed by atoms with E-state index >= 15 is 0 Å². The second kappa shape index (κ2) is 7.14. The lowest BCUT2D eigenvalue weighted by Crippen LogP contribution is -2.45. The summed E-state index contributed by atoms with van der Waals surface area (Å²) < 4.78 is 15.2. The summed E-state index contributed by atoms with van der Waals surface area (Å²) in [6.07, 6.45) is 0.363. The molecular formula is C20H24FN5O3. The monoisotopic (exact) mass is 401 g/mol. The third kappa shape index (κ3) is 3.46. The van der Waals surface area contributed by atoms with Crippen LogP contribution in [0.2, 0.25) is 0 Å². The van der Waals surface area contributed by atoms with Crippen LogP contribution in [0.4, 0.5) is 14.9 Å². The SMILES string of the molecule is Cc1cc(NC(=O)N2Cc3c(nn4c3C(=O)N(C)OC(C)C4)C[C@H]2C)ccc1F. The number of fused-ring (bicyclic) bond motifs is 3. The van der Waals surface area contributed by atoms with Gasteiger partial charge in [-0.2, -0.15) is 5.10 Å². The molecular weight excluding hydrogens is 377 g/mol. The molecule has 1 unspecified atom stereocenters. The second-order valence-electron chi connectivity index (χ2n) is 7.75. The van der Waals surface area contributed by atoms with E-state index in [-0.39, 0.29) is 36.4 Å². The summed E-state index contributed by atoms with van der Waals surface area (Å²) in [5, 5.41) is 8.68. The average molecular weight is 401 g/mol. The molecule has 1 aromatic carbocycles. The number of hydrogen-bond acceptors (Lipinski definition) is 4. The molecule has 9 heteroatoms. The van der Waals surface area contributed by atoms with Crippen LogP contribution in [-0.2, 0) is 24.3 Å². The normalized spacial score (nSPS) is 21.5. The van der Waals surface area contributed by atoms with E-state index in [1.54, 1.807) is 29.6 Å². The van der Waals surface area contributed by atoms with Gasteiger partial charge in [-0.25, -0.2) is 14.2 Å². The van der Waals surface area contributed by atoms with Crippen molar-refractivity contribution in [1.82, 2.24) is 19.7 Å². The molecule has 1 aromatic heterocycles. The highest BCUT2D eigenvalue weighted by molar-refractivity contribution is 5.94. The minimum atomic E-state index is -0.319. The van der Waals surface area contributed by atoms with Crippen LogP contribution in [0, 0.1) is 12.7 Å². The van der Waals surface area contributed by atoms with E-state index in [0.717, 1.165) is 11.3 Å². The molecule has 2 atom stereocenters. The van der Waals surface area contributed by atoms with Gasteiger partial charge in [-0.15, -0.1) is 0 Å². The molecule has 1 N–H and O–H groups in total. The molecule has 2 aliphatic rings. The first-order valence-corrected chi connectivity index (χ1v) is 9.61. The number of hydroxylamine groups is 2. The van der Waals surface area contributed by atoms with Gasteiger partial charge >= 0.3 is 6.03 Å². The lowest BCUT2D eigenvalue weighted by Gasteiger charge is -2.33. The first-order chi connectivity index (χ1) is 13.7. The van der Waals surface area contributed by atoms with Gasteiger partial charge in [0.25, 0.3) is 5.91 Å². The molecule has 8 nitrogen and oxygen atoms in total. The summed E-state index contributed by atoms with van der Waals surface area (Å²) >= 11 is 0. The number of nitrogens with one attached hydrogen (secondary N) is 1. The number of halogens is 1. The van der Waals surface area contributed by atoms with Crippen LogP contribution in [0.5, 0.6) is 0 Å². The van der Waals surface area contributed by atoms with E-state index in [2.05, 4.69) is 10.4 Å². The molecule has 2 aromatic rings. The van der Waals surface area contributed by atoms with Crippen LogP contribution >= 0.6 is 0 Å². The van der Waals surface area contributed by atoms with E-state index in [1.165, 1.54) is 17.2 Å². The Bertz CT molecular complexity index is 989. The van der Waals surface area contributed by atoms with Crippen LogP contribution in [-0.4, -0.2) is 50.9 Å². The van der Waals surface area contributed by atoms with Crippen LogP contribution in [0.1, 0.15) is 41.2 Å². The predicted octanol–water partition coefficient (Wildman–Crippen LogP) is 2.72. The number of nitrogens with zero attached hydrogens (tertiary/aromatic N) is 4. The smallest absolute Gasteiger partial charge is 0.317 e. The third-order valence-corrected chi connectivity index (χ3v) is 5.41. The summed E-state index contributed by atoms with van der Waals surface area (Å²) in [6.45, 7) is 6.21. The van der Waals surface area contributed by atoms with E-state index < -0.39 is 0 Å². The maximum Gasteiger partial charge on any atom is 0.322 e. The second-order valence-corrected chi connectivity index (χ2v) is 7.75. The lowest BCUT2D eigenvalue weighted by molar-refractivity contribution is -0.141. The van der Waals surface area contributed by atoms with Crippen molar-refractivity contribution in [3.63, 3.8) is 0 Å². The highest BCUT2D eigenvalue weighted by Crippen LogP contribution is 2.29. The Balaban J connectivity index is 1.61. The first kappa shape index (κ1) is 19.4. The molecule has 29 heavy (non-hydrogen) atoms. The first-order valence-electron chi connectivity index (χ1n) is 9.61. The summed E-state index contributed by atoms with van der Waals surface area (Å²) in [5.41, 5.74) is 3.04.